The van der Waals surface area contributed by atoms with Crippen molar-refractivity contribution in [2.75, 3.05) is 13.2 Å². The van der Waals surface area contributed by atoms with Crippen LogP contribution in [0.2, 0.25) is 0 Å². The molecule has 0 aliphatic rings. The van der Waals surface area contributed by atoms with Crippen LogP contribution in [0.25, 0.3) is 0 Å². The number of hydrogen-bond acceptors (Lipinski definition) is 5. The number of benzene rings is 1. The maximum atomic E-state index is 10.9. The Kier molecular flexibility index (Phi) is 7.11. The van der Waals surface area contributed by atoms with Crippen molar-refractivity contribution >= 4 is 5.69 Å². The molecule has 6 nitrogen and oxygen atoms in total. The van der Waals surface area contributed by atoms with Crippen LogP contribution in [-0.4, -0.2) is 29.3 Å². The van der Waals surface area contributed by atoms with Crippen LogP contribution >= 0.6 is 0 Å². The molecule has 0 radical (unpaired) electrons. The van der Waals surface area contributed by atoms with Gasteiger partial charge in [-0.1, -0.05) is 13.8 Å². The molecule has 6 heteroatoms. The minimum absolute atomic E-state index is 0.0548. The Hall–Kier alpha value is -1.66. The van der Waals surface area contributed by atoms with Gasteiger partial charge in [0.15, 0.2) is 0 Å². The van der Waals surface area contributed by atoms with Gasteiger partial charge >= 0.3 is 0 Å². The Labute approximate surface area is 125 Å². The molecule has 1 rings (SSSR count). The summed E-state index contributed by atoms with van der Waals surface area (Å²) in [5, 5.41) is 23.4. The molecule has 1 aromatic rings. The third-order valence-corrected chi connectivity index (χ3v) is 2.92. The van der Waals surface area contributed by atoms with E-state index >= 15 is 0 Å². The summed E-state index contributed by atoms with van der Waals surface area (Å²) in [6.45, 7) is 7.62. The van der Waals surface area contributed by atoms with Crippen LogP contribution in [0.15, 0.2) is 18.2 Å². The van der Waals surface area contributed by atoms with Gasteiger partial charge in [0.1, 0.15) is 5.75 Å². The molecule has 0 amide bonds. The second-order valence-electron chi connectivity index (χ2n) is 5.56. The van der Waals surface area contributed by atoms with E-state index in [1.807, 2.05) is 0 Å². The van der Waals surface area contributed by atoms with Crippen LogP contribution in [0.3, 0.4) is 0 Å². The van der Waals surface area contributed by atoms with Gasteiger partial charge < -0.3 is 15.2 Å². The van der Waals surface area contributed by atoms with Gasteiger partial charge in [-0.05, 0) is 25.5 Å². The van der Waals surface area contributed by atoms with E-state index in [4.69, 9.17) is 4.74 Å². The summed E-state index contributed by atoms with van der Waals surface area (Å²) < 4.78 is 5.62. The van der Waals surface area contributed by atoms with Crippen LogP contribution in [-0.2, 0) is 6.54 Å². The van der Waals surface area contributed by atoms with Crippen molar-refractivity contribution in [1.29, 1.82) is 0 Å². The van der Waals surface area contributed by atoms with Crippen molar-refractivity contribution in [2.45, 2.75) is 39.8 Å². The molecule has 0 bridgehead atoms. The lowest BCUT2D eigenvalue weighted by Crippen LogP contribution is -2.19. The van der Waals surface area contributed by atoms with Gasteiger partial charge in [0.25, 0.3) is 5.69 Å². The number of aliphatic hydroxyl groups is 1. The Morgan fingerprint density at radius 3 is 2.67 bits per heavy atom. The average molecular weight is 296 g/mol. The summed E-state index contributed by atoms with van der Waals surface area (Å²) in [7, 11) is 0. The summed E-state index contributed by atoms with van der Waals surface area (Å²) in [5.41, 5.74) is 0.815. The molecule has 21 heavy (non-hydrogen) atoms. The van der Waals surface area contributed by atoms with Crippen molar-refractivity contribution in [3.8, 4) is 5.75 Å². The summed E-state index contributed by atoms with van der Waals surface area (Å²) in [6, 6.07) is 4.58. The number of nitro groups is 1. The Bertz CT molecular complexity index is 461. The second kappa shape index (κ2) is 8.59. The van der Waals surface area contributed by atoms with Crippen LogP contribution in [0, 0.1) is 16.0 Å². The molecule has 0 fully saturated rings. The smallest absolute Gasteiger partial charge is 0.270 e. The number of hydrogen-bond donors (Lipinski definition) is 2. The summed E-state index contributed by atoms with van der Waals surface area (Å²) in [6.07, 6.45) is 0.0983. The van der Waals surface area contributed by atoms with Crippen LogP contribution in [0.1, 0.15) is 32.8 Å². The number of nitrogens with one attached hydrogen (secondary N) is 1. The van der Waals surface area contributed by atoms with Crippen LogP contribution in [0.4, 0.5) is 5.69 Å². The van der Waals surface area contributed by atoms with E-state index in [0.717, 1.165) is 12.1 Å². The molecular formula is C15H24N2O4. The molecular weight excluding hydrogens is 272 g/mol. The fourth-order valence-electron chi connectivity index (χ4n) is 1.79. The van der Waals surface area contributed by atoms with Gasteiger partial charge in [-0.25, -0.2) is 0 Å². The van der Waals surface area contributed by atoms with Crippen molar-refractivity contribution in [3.63, 3.8) is 0 Å². The van der Waals surface area contributed by atoms with Crippen LogP contribution in [0.5, 0.6) is 5.75 Å². The molecule has 0 saturated carbocycles. The lowest BCUT2D eigenvalue weighted by atomic mass is 10.1. The summed E-state index contributed by atoms with van der Waals surface area (Å²) in [5.74, 6) is 1.13. The third-order valence-electron chi connectivity index (χ3n) is 2.92. The Morgan fingerprint density at radius 1 is 1.38 bits per heavy atom. The fourth-order valence-corrected chi connectivity index (χ4v) is 1.79. The van der Waals surface area contributed by atoms with E-state index < -0.39 is 11.0 Å². The topological polar surface area (TPSA) is 84.6 Å². The second-order valence-corrected chi connectivity index (χ2v) is 5.56. The monoisotopic (exact) mass is 296 g/mol. The normalized spacial score (nSPS) is 12.4. The van der Waals surface area contributed by atoms with Crippen molar-refractivity contribution in [3.05, 3.63) is 33.9 Å². The summed E-state index contributed by atoms with van der Waals surface area (Å²) in [4.78, 5) is 10.4. The van der Waals surface area contributed by atoms with Crippen molar-refractivity contribution < 1.29 is 14.8 Å². The highest BCUT2D eigenvalue weighted by Gasteiger charge is 2.12. The molecule has 0 heterocycles. The molecule has 0 aliphatic carbocycles. The summed E-state index contributed by atoms with van der Waals surface area (Å²) >= 11 is 0. The van der Waals surface area contributed by atoms with Gasteiger partial charge in [0.2, 0.25) is 0 Å². The molecule has 118 valence electrons. The molecule has 0 spiro atoms. The molecule has 1 aromatic carbocycles. The van der Waals surface area contributed by atoms with E-state index in [0.29, 0.717) is 31.2 Å². The zero-order valence-corrected chi connectivity index (χ0v) is 12.8. The molecule has 1 unspecified atom stereocenters. The van der Waals surface area contributed by atoms with Gasteiger partial charge in [-0.2, -0.15) is 0 Å². The van der Waals surface area contributed by atoms with Gasteiger partial charge in [0.05, 0.1) is 17.6 Å². The first-order valence-electron chi connectivity index (χ1n) is 7.19. The molecule has 2 N–H and O–H groups in total. The molecule has 0 saturated heterocycles. The average Bonchev–Trinajstić information content (AvgIpc) is 2.39. The minimum atomic E-state index is -0.425. The first-order chi connectivity index (χ1) is 9.90. The number of non-ortho nitro benzene ring substituents is 1. The highest BCUT2D eigenvalue weighted by Crippen LogP contribution is 2.24. The first kappa shape index (κ1) is 17.4. The minimum Gasteiger partial charge on any atom is -0.493 e. The maximum Gasteiger partial charge on any atom is 0.270 e. The third kappa shape index (κ3) is 6.55. The standard InChI is InChI=1S/C15H24N2O4/c1-11(2)9-16-10-13-8-14(17(19)20)4-5-15(13)21-7-6-12(3)18/h4-5,8,11-12,16,18H,6-7,9-10H2,1-3H3. The van der Waals surface area contributed by atoms with Gasteiger partial charge in [-0.3, -0.25) is 10.1 Å². The highest BCUT2D eigenvalue weighted by atomic mass is 16.6. The predicted octanol–water partition coefficient (Wildman–Crippen LogP) is 2.49. The van der Waals surface area contributed by atoms with Gasteiger partial charge in [0, 0.05) is 30.7 Å². The van der Waals surface area contributed by atoms with Crippen molar-refractivity contribution in [1.82, 2.24) is 5.32 Å². The zero-order chi connectivity index (χ0) is 15.8. The first-order valence-corrected chi connectivity index (χ1v) is 7.19. The van der Waals surface area contributed by atoms with E-state index in [1.165, 1.54) is 12.1 Å². The lowest BCUT2D eigenvalue weighted by Gasteiger charge is -2.13. The van der Waals surface area contributed by atoms with E-state index in [1.54, 1.807) is 13.0 Å². The van der Waals surface area contributed by atoms with E-state index in [2.05, 4.69) is 19.2 Å². The van der Waals surface area contributed by atoms with Crippen molar-refractivity contribution in [2.24, 2.45) is 5.92 Å². The number of nitrogens with zero attached hydrogens (tertiary/aromatic N) is 1. The number of aliphatic hydroxyl groups excluding tert-OH is 1. The highest BCUT2D eigenvalue weighted by molar-refractivity contribution is 5.43. The molecule has 1 atom stereocenters. The van der Waals surface area contributed by atoms with E-state index in [-0.39, 0.29) is 5.69 Å². The fraction of sp³-hybridized carbons (Fsp3) is 0.600. The lowest BCUT2D eigenvalue weighted by molar-refractivity contribution is -0.384. The Morgan fingerprint density at radius 2 is 2.10 bits per heavy atom. The largest absolute Gasteiger partial charge is 0.493 e. The van der Waals surface area contributed by atoms with Crippen LogP contribution < -0.4 is 10.1 Å². The number of rotatable bonds is 9. The zero-order valence-electron chi connectivity index (χ0n) is 12.8. The maximum absolute atomic E-state index is 10.9. The van der Waals surface area contributed by atoms with E-state index in [9.17, 15) is 15.2 Å². The molecule has 0 aromatic heterocycles. The molecule has 0 aliphatic heterocycles. The SMILES string of the molecule is CC(C)CNCc1cc([N+](=O)[O-])ccc1OCCC(C)O. The number of ether oxygens (including phenoxy) is 1. The Balaban J connectivity index is 2.76. The predicted molar refractivity (Wildman–Crippen MR) is 81.4 cm³/mol. The number of nitro benzene ring substituents is 1. The quantitative estimate of drug-likeness (QED) is 0.540. The van der Waals surface area contributed by atoms with Gasteiger partial charge in [-0.15, -0.1) is 0 Å².